The second-order valence-electron chi connectivity index (χ2n) is 10.9. The average Bonchev–Trinajstić information content (AvgIpc) is 3.15. The molecule has 49 heavy (non-hydrogen) atoms. The summed E-state index contributed by atoms with van der Waals surface area (Å²) in [7, 11) is 0. The molecule has 6 aromatic carbocycles. The Labute approximate surface area is 282 Å². The first-order valence-electron chi connectivity index (χ1n) is 15.5. The Morgan fingerprint density at radius 2 is 1.14 bits per heavy atom. The predicted octanol–water partition coefficient (Wildman–Crippen LogP) is 8.47. The van der Waals surface area contributed by atoms with Gasteiger partial charge in [-0.25, -0.2) is 14.4 Å². The number of ether oxygens (including phenoxy) is 4. The molecular formula is C41H29NO7. The van der Waals surface area contributed by atoms with E-state index in [0.717, 1.165) is 27.6 Å². The molecule has 8 nitrogen and oxygen atoms in total. The molecule has 8 heteroatoms. The number of nitriles is 1. The highest BCUT2D eigenvalue weighted by atomic mass is 16.5. The summed E-state index contributed by atoms with van der Waals surface area (Å²) < 4.78 is 22.8. The number of hydrogen-bond donors (Lipinski definition) is 0. The number of carbonyl (C=O) groups is 3. The molecule has 0 heterocycles. The molecule has 0 fully saturated rings. The number of nitrogens with zero attached hydrogens (tertiary/aromatic N) is 1. The summed E-state index contributed by atoms with van der Waals surface area (Å²) in [6.45, 7) is 3.88. The van der Waals surface area contributed by atoms with E-state index in [4.69, 9.17) is 18.9 Å². The highest BCUT2D eigenvalue weighted by molar-refractivity contribution is 6.11. The Hall–Kier alpha value is -6.72. The van der Waals surface area contributed by atoms with Crippen molar-refractivity contribution in [2.45, 2.75) is 6.42 Å². The third kappa shape index (κ3) is 7.32. The predicted molar refractivity (Wildman–Crippen MR) is 186 cm³/mol. The largest absolute Gasteiger partial charge is 0.493 e. The number of fused-ring (bicyclic) bond motifs is 2. The molecule has 0 amide bonds. The van der Waals surface area contributed by atoms with Gasteiger partial charge in [0, 0.05) is 23.6 Å². The quantitative estimate of drug-likeness (QED) is 0.0596. The zero-order valence-electron chi connectivity index (χ0n) is 26.3. The highest BCUT2D eigenvalue weighted by Gasteiger charge is 2.23. The van der Waals surface area contributed by atoms with Crippen molar-refractivity contribution in [3.05, 3.63) is 151 Å². The number of rotatable bonds is 11. The van der Waals surface area contributed by atoms with Gasteiger partial charge in [-0.05, 0) is 82.2 Å². The molecule has 0 spiro atoms. The van der Waals surface area contributed by atoms with Crippen molar-refractivity contribution in [2.24, 2.45) is 0 Å². The summed E-state index contributed by atoms with van der Waals surface area (Å²) in [5.41, 5.74) is 2.18. The number of hydrogen-bond acceptors (Lipinski definition) is 8. The second-order valence-corrected chi connectivity index (χ2v) is 10.9. The van der Waals surface area contributed by atoms with Crippen molar-refractivity contribution in [1.82, 2.24) is 0 Å². The highest BCUT2D eigenvalue weighted by Crippen LogP contribution is 2.46. The van der Waals surface area contributed by atoms with Crippen LogP contribution in [0.5, 0.6) is 17.2 Å². The monoisotopic (exact) mass is 647 g/mol. The van der Waals surface area contributed by atoms with Crippen molar-refractivity contribution >= 4 is 39.5 Å². The van der Waals surface area contributed by atoms with Crippen molar-refractivity contribution in [3.8, 4) is 34.4 Å². The van der Waals surface area contributed by atoms with E-state index in [0.29, 0.717) is 41.0 Å². The van der Waals surface area contributed by atoms with E-state index in [9.17, 15) is 19.6 Å². The Balaban J connectivity index is 1.34. The summed E-state index contributed by atoms with van der Waals surface area (Å²) in [4.78, 5) is 38.1. The van der Waals surface area contributed by atoms with E-state index in [1.165, 1.54) is 0 Å². The van der Waals surface area contributed by atoms with Crippen LogP contribution in [0.3, 0.4) is 0 Å². The molecule has 0 N–H and O–H groups in total. The molecule has 0 aliphatic rings. The summed E-state index contributed by atoms with van der Waals surface area (Å²) in [5.74, 6) is -0.566. The maximum absolute atomic E-state index is 13.6. The van der Waals surface area contributed by atoms with E-state index in [1.807, 2.05) is 66.7 Å². The lowest BCUT2D eigenvalue weighted by Crippen LogP contribution is -2.11. The first kappa shape index (κ1) is 32.2. The fraction of sp³-hybridized carbons (Fsp3) is 0.0732. The van der Waals surface area contributed by atoms with Crippen molar-refractivity contribution in [3.63, 3.8) is 0 Å². The van der Waals surface area contributed by atoms with Crippen LogP contribution in [0.2, 0.25) is 0 Å². The lowest BCUT2D eigenvalue weighted by Gasteiger charge is -2.19. The molecule has 6 aromatic rings. The van der Waals surface area contributed by atoms with E-state index < -0.39 is 17.9 Å². The van der Waals surface area contributed by atoms with Crippen LogP contribution < -0.4 is 14.2 Å². The third-order valence-electron chi connectivity index (χ3n) is 7.75. The van der Waals surface area contributed by atoms with Crippen molar-refractivity contribution < 1.29 is 33.3 Å². The Bertz CT molecular complexity index is 2230. The van der Waals surface area contributed by atoms with Gasteiger partial charge in [-0.3, -0.25) is 0 Å². The summed E-state index contributed by atoms with van der Waals surface area (Å²) in [5, 5.41) is 12.6. The molecule has 0 bridgehead atoms. The van der Waals surface area contributed by atoms with Gasteiger partial charge >= 0.3 is 17.9 Å². The lowest BCUT2D eigenvalue weighted by molar-refractivity contribution is -0.137. The van der Waals surface area contributed by atoms with Gasteiger partial charge in [-0.2, -0.15) is 5.26 Å². The van der Waals surface area contributed by atoms with Crippen LogP contribution in [0.15, 0.2) is 134 Å². The fourth-order valence-corrected chi connectivity index (χ4v) is 5.36. The average molecular weight is 648 g/mol. The molecule has 0 unspecified atom stereocenters. The first-order chi connectivity index (χ1) is 23.9. The molecule has 0 saturated heterocycles. The molecular weight excluding hydrogens is 618 g/mol. The van der Waals surface area contributed by atoms with Gasteiger partial charge in [-0.1, -0.05) is 67.2 Å². The van der Waals surface area contributed by atoms with Crippen molar-refractivity contribution in [2.75, 3.05) is 13.2 Å². The molecule has 0 atom stereocenters. The van der Waals surface area contributed by atoms with Crippen LogP contribution in [0.4, 0.5) is 0 Å². The van der Waals surface area contributed by atoms with Gasteiger partial charge in [0.15, 0.2) is 0 Å². The van der Waals surface area contributed by atoms with Crippen LogP contribution in [-0.4, -0.2) is 31.1 Å². The topological polar surface area (TPSA) is 112 Å². The number of esters is 3. The van der Waals surface area contributed by atoms with Gasteiger partial charge in [0.1, 0.15) is 17.2 Å². The summed E-state index contributed by atoms with van der Waals surface area (Å²) >= 11 is 0. The first-order valence-corrected chi connectivity index (χ1v) is 15.5. The van der Waals surface area contributed by atoms with Crippen LogP contribution >= 0.6 is 0 Å². The minimum absolute atomic E-state index is 0.205. The molecule has 6 rings (SSSR count). The maximum Gasteiger partial charge on any atom is 0.343 e. The summed E-state index contributed by atoms with van der Waals surface area (Å²) in [6, 6.07) is 37.4. The lowest BCUT2D eigenvalue weighted by atomic mass is 9.92. The van der Waals surface area contributed by atoms with Crippen LogP contribution in [0.25, 0.3) is 32.7 Å². The van der Waals surface area contributed by atoms with Crippen LogP contribution in [-0.2, 0) is 9.53 Å². The van der Waals surface area contributed by atoms with E-state index >= 15 is 0 Å². The smallest absolute Gasteiger partial charge is 0.343 e. The zero-order valence-corrected chi connectivity index (χ0v) is 26.3. The Morgan fingerprint density at radius 3 is 1.65 bits per heavy atom. The Kier molecular flexibility index (Phi) is 9.73. The van der Waals surface area contributed by atoms with E-state index in [2.05, 4.69) is 6.58 Å². The molecule has 0 radical (unpaired) electrons. The van der Waals surface area contributed by atoms with E-state index in [1.54, 1.807) is 60.7 Å². The minimum Gasteiger partial charge on any atom is -0.493 e. The SMILES string of the molecule is C=CC(=O)OCCCOc1ccc(C(=O)Oc2ccc3ccccc3c2-c2c(OC(=O)c3ccc(C#N)cc3)ccc3ccccc23)cc1. The molecule has 0 aromatic heterocycles. The molecule has 0 saturated carbocycles. The van der Waals surface area contributed by atoms with Gasteiger partial charge in [0.05, 0.1) is 36.0 Å². The second kappa shape index (κ2) is 14.8. The van der Waals surface area contributed by atoms with Crippen LogP contribution in [0, 0.1) is 11.3 Å². The van der Waals surface area contributed by atoms with Gasteiger partial charge in [0.25, 0.3) is 0 Å². The fourth-order valence-electron chi connectivity index (χ4n) is 5.36. The molecule has 0 aliphatic heterocycles. The normalized spacial score (nSPS) is 10.6. The van der Waals surface area contributed by atoms with Crippen molar-refractivity contribution in [1.29, 1.82) is 5.26 Å². The zero-order chi connectivity index (χ0) is 34.2. The number of benzene rings is 6. The standard InChI is InChI=1S/C41H29NO7/c1-2-37(43)47-25-7-24-46-32-20-16-31(17-21-32)41(45)49-36-23-19-29-9-4-6-11-34(29)39(36)38-33-10-5-3-8-28(33)18-22-35(38)48-40(44)30-14-12-27(26-42)13-15-30/h2-6,8-23H,1,7,24-25H2. The minimum atomic E-state index is -0.597. The maximum atomic E-state index is 13.6. The van der Waals surface area contributed by atoms with Gasteiger partial charge < -0.3 is 18.9 Å². The molecule has 240 valence electrons. The van der Waals surface area contributed by atoms with Gasteiger partial charge in [-0.15, -0.1) is 0 Å². The Morgan fingerprint density at radius 1 is 0.633 bits per heavy atom. The molecule has 0 aliphatic carbocycles. The van der Waals surface area contributed by atoms with Gasteiger partial charge in [0.2, 0.25) is 0 Å². The third-order valence-corrected chi connectivity index (χ3v) is 7.75. The van der Waals surface area contributed by atoms with E-state index in [-0.39, 0.29) is 23.7 Å². The summed E-state index contributed by atoms with van der Waals surface area (Å²) in [6.07, 6.45) is 1.60. The number of carbonyl (C=O) groups excluding carboxylic acids is 3. The van der Waals surface area contributed by atoms with Crippen LogP contribution in [0.1, 0.15) is 32.7 Å².